The van der Waals surface area contributed by atoms with E-state index in [4.69, 9.17) is 51.4 Å². The van der Waals surface area contributed by atoms with Crippen molar-refractivity contribution in [2.24, 2.45) is 10.9 Å². The van der Waals surface area contributed by atoms with Crippen LogP contribution in [0.2, 0.25) is 20.1 Å². The second-order valence-electron chi connectivity index (χ2n) is 18.3. The zero-order valence-electron chi connectivity index (χ0n) is 40.0. The van der Waals surface area contributed by atoms with Crippen LogP contribution in [0, 0.1) is 33.6 Å². The summed E-state index contributed by atoms with van der Waals surface area (Å²) in [4.78, 5) is 64.1. The van der Waals surface area contributed by atoms with Crippen molar-refractivity contribution in [3.8, 4) is 5.00 Å². The Morgan fingerprint density at radius 3 is 2.15 bits per heavy atom. The lowest BCUT2D eigenvalue weighted by molar-refractivity contribution is -0.138. The number of ketones is 2. The average Bonchev–Trinajstić information content (AvgIpc) is 3.83. The Morgan fingerprint density at radius 1 is 0.789 bits per heavy atom. The van der Waals surface area contributed by atoms with Crippen LogP contribution in [0.3, 0.4) is 0 Å². The van der Waals surface area contributed by atoms with Crippen molar-refractivity contribution in [3.05, 3.63) is 178 Å². The topological polar surface area (TPSA) is 127 Å². The number of nitrogens with zero attached hydrogens (tertiary/aromatic N) is 5. The summed E-state index contributed by atoms with van der Waals surface area (Å²) in [5.74, 6) is 0.204. The van der Waals surface area contributed by atoms with Crippen LogP contribution in [0.5, 0.6) is 0 Å². The Hall–Kier alpha value is -5.69. The normalized spacial score (nSPS) is 16.1. The van der Waals surface area contributed by atoms with Crippen molar-refractivity contribution in [1.82, 2.24) is 25.0 Å². The van der Waals surface area contributed by atoms with E-state index in [2.05, 4.69) is 29.4 Å². The van der Waals surface area contributed by atoms with Gasteiger partial charge >= 0.3 is 0 Å². The average molecular weight is 1050 g/mol. The minimum Gasteiger partial charge on any atom is -0.356 e. The summed E-state index contributed by atoms with van der Waals surface area (Å²) in [7, 11) is 0. The zero-order valence-corrected chi connectivity index (χ0v) is 43.9. The van der Waals surface area contributed by atoms with E-state index in [-0.39, 0.29) is 49.3 Å². The van der Waals surface area contributed by atoms with Crippen LogP contribution in [0.25, 0.3) is 17.2 Å². The van der Waals surface area contributed by atoms with Crippen LogP contribution in [-0.2, 0) is 25.6 Å². The highest BCUT2D eigenvalue weighted by molar-refractivity contribution is 7.15. The molecule has 4 aromatic carbocycles. The minimum absolute atomic E-state index is 0.00405. The van der Waals surface area contributed by atoms with Gasteiger partial charge in [-0.15, -0.1) is 21.5 Å². The predicted molar refractivity (Wildman–Crippen MR) is 287 cm³/mol. The number of piperidine rings is 1. The van der Waals surface area contributed by atoms with Crippen molar-refractivity contribution in [2.45, 2.75) is 85.1 Å². The van der Waals surface area contributed by atoms with Gasteiger partial charge in [0.2, 0.25) is 11.8 Å². The zero-order chi connectivity index (χ0) is 50.3. The van der Waals surface area contributed by atoms with Gasteiger partial charge in [-0.2, -0.15) is 0 Å². The molecule has 0 bridgehead atoms. The lowest BCUT2D eigenvalue weighted by atomic mass is 9.89. The number of thiophene rings is 1. The van der Waals surface area contributed by atoms with E-state index in [1.165, 1.54) is 4.88 Å². The van der Waals surface area contributed by atoms with Crippen molar-refractivity contribution in [3.63, 3.8) is 0 Å². The van der Waals surface area contributed by atoms with Gasteiger partial charge in [0, 0.05) is 75.6 Å². The first kappa shape index (κ1) is 51.7. The highest BCUT2D eigenvalue weighted by Gasteiger charge is 2.35. The smallest absolute Gasteiger partial charge is 0.227 e. The summed E-state index contributed by atoms with van der Waals surface area (Å²) >= 11 is 26.8. The number of benzene rings is 4. The lowest BCUT2D eigenvalue weighted by Gasteiger charge is -2.33. The van der Waals surface area contributed by atoms with E-state index in [0.717, 1.165) is 69.2 Å². The maximum Gasteiger partial charge on any atom is 0.227 e. The molecule has 0 saturated carbocycles. The van der Waals surface area contributed by atoms with Crippen LogP contribution < -0.4 is 5.32 Å². The molecule has 1 N–H and O–H groups in total. The van der Waals surface area contributed by atoms with E-state index in [9.17, 15) is 19.2 Å². The third-order valence-corrected chi connectivity index (χ3v) is 15.6. The maximum atomic E-state index is 14.7. The van der Waals surface area contributed by atoms with Gasteiger partial charge in [0.05, 0.1) is 22.2 Å². The number of aryl methyl sites for hydroxylation is 3. The van der Waals surface area contributed by atoms with Crippen LogP contribution in [0.1, 0.15) is 106 Å². The fourth-order valence-electron chi connectivity index (χ4n) is 9.15. The monoisotopic (exact) mass is 1050 g/mol. The van der Waals surface area contributed by atoms with E-state index in [1.807, 2.05) is 85.1 Å². The number of rotatable bonds is 17. The highest BCUT2D eigenvalue weighted by Crippen LogP contribution is 2.40. The Morgan fingerprint density at radius 2 is 1.46 bits per heavy atom. The fraction of sp³-hybridized carbons (Fsp3) is 0.304. The van der Waals surface area contributed by atoms with Gasteiger partial charge in [-0.25, -0.2) is 0 Å². The first-order valence-electron chi connectivity index (χ1n) is 23.8. The molecule has 0 unspecified atom stereocenters. The first-order chi connectivity index (χ1) is 34.1. The van der Waals surface area contributed by atoms with Crippen LogP contribution >= 0.6 is 57.7 Å². The minimum atomic E-state index is -0.642. The van der Waals surface area contributed by atoms with Gasteiger partial charge in [0.15, 0.2) is 11.6 Å². The first-order valence-corrected chi connectivity index (χ1v) is 26.1. The third kappa shape index (κ3) is 12.5. The number of fused-ring (bicyclic) bond motifs is 3. The van der Waals surface area contributed by atoms with E-state index >= 15 is 0 Å². The SMILES string of the molecule is Cc1cc(/C=C2\CN(C(=O)[C@H](CC(=O)CCCCCCNC(=O)C[C@@H]3N=C(c4ccc(Cl)cc4)c4c(sc(C)c4C)-n4c(C)nnc43)Cc3ccccc3)C/C(=C\c3ccc(Cl)c(Cl)c3)C2=O)ccc1Cl. The summed E-state index contributed by atoms with van der Waals surface area (Å²) < 4.78 is 2.04. The van der Waals surface area contributed by atoms with Crippen molar-refractivity contribution in [2.75, 3.05) is 19.6 Å². The number of aromatic nitrogens is 3. The van der Waals surface area contributed by atoms with Gasteiger partial charge in [-0.3, -0.25) is 28.7 Å². The number of hydrogen-bond donors (Lipinski definition) is 1. The molecule has 2 aromatic heterocycles. The number of aliphatic imine (C=N–C) groups is 1. The van der Waals surface area contributed by atoms with Crippen molar-refractivity contribution >= 4 is 99.0 Å². The molecule has 2 amide bonds. The van der Waals surface area contributed by atoms with Crippen molar-refractivity contribution in [1.29, 1.82) is 0 Å². The van der Waals surface area contributed by atoms with Gasteiger partial charge in [-0.05, 0) is 117 Å². The lowest BCUT2D eigenvalue weighted by Crippen LogP contribution is -2.45. The number of amides is 2. The fourth-order valence-corrected chi connectivity index (χ4v) is 10.9. The molecule has 366 valence electrons. The molecular weight excluding hydrogens is 995 g/mol. The van der Waals surface area contributed by atoms with Crippen LogP contribution in [0.4, 0.5) is 0 Å². The summed E-state index contributed by atoms with van der Waals surface area (Å²) in [6, 6.07) is 27.4. The molecule has 8 rings (SSSR count). The predicted octanol–water partition coefficient (Wildman–Crippen LogP) is 12.9. The van der Waals surface area contributed by atoms with Crippen molar-refractivity contribution < 1.29 is 19.2 Å². The molecule has 10 nitrogen and oxygen atoms in total. The third-order valence-electron chi connectivity index (χ3n) is 13.0. The number of halogens is 4. The standard InChI is InChI=1S/C56H54Cl4N6O4S/c1-33-24-38(15-21-46(33)58)26-42-31-65(32-43(53(42)69)27-39-16-22-47(59)48(60)28-39)55(70)41(25-37-12-8-7-9-13-37)29-45(67)14-10-5-6-11-23-61-50(68)30-49-54-64-63-36(4)66(54)56-51(34(2)35(3)71-56)52(62-49)40-17-19-44(57)20-18-40/h7-9,12-13,15-22,24,26-28,41,49H,5-6,10-11,14,23,25,29-32H2,1-4H3,(H,61,68)/b42-26+,43-27+/t41-,49-/m0/s1. The largest absolute Gasteiger partial charge is 0.356 e. The number of carbonyl (C=O) groups excluding carboxylic acids is 4. The molecule has 1 saturated heterocycles. The molecule has 71 heavy (non-hydrogen) atoms. The molecule has 2 aliphatic rings. The summed E-state index contributed by atoms with van der Waals surface area (Å²) in [5.41, 5.74) is 7.97. The van der Waals surface area contributed by atoms with E-state index in [1.54, 1.807) is 52.7 Å². The van der Waals surface area contributed by atoms with Crippen LogP contribution in [-0.4, -0.2) is 68.4 Å². The summed E-state index contributed by atoms with van der Waals surface area (Å²) in [6.45, 7) is 8.64. The Bertz CT molecular complexity index is 3010. The number of likely N-dealkylation sites (tertiary alicyclic amines) is 1. The Balaban J connectivity index is 0.887. The quantitative estimate of drug-likeness (QED) is 0.0716. The Labute approximate surface area is 438 Å². The number of carbonyl (C=O) groups is 4. The second kappa shape index (κ2) is 23.2. The molecule has 1 fully saturated rings. The number of unbranched alkanes of at least 4 members (excludes halogenated alkanes) is 3. The molecule has 4 heterocycles. The molecule has 15 heteroatoms. The molecular formula is C56H54Cl4N6O4S. The Kier molecular flexibility index (Phi) is 16.9. The second-order valence-corrected chi connectivity index (χ2v) is 21.2. The summed E-state index contributed by atoms with van der Waals surface area (Å²) in [5, 5.41) is 15.0. The van der Waals surface area contributed by atoms with E-state index < -0.39 is 12.0 Å². The molecule has 0 radical (unpaired) electrons. The molecule has 2 aliphatic heterocycles. The van der Waals surface area contributed by atoms with Crippen LogP contribution in [0.15, 0.2) is 107 Å². The van der Waals surface area contributed by atoms with Gasteiger partial charge in [-0.1, -0.05) is 120 Å². The van der Waals surface area contributed by atoms with Gasteiger partial charge in [0.1, 0.15) is 22.7 Å². The van der Waals surface area contributed by atoms with E-state index in [0.29, 0.717) is 68.4 Å². The number of Topliss-reactive ketones (excluding diaryl/α,β-unsaturated/α-hetero) is 2. The highest BCUT2D eigenvalue weighted by atomic mass is 35.5. The molecule has 2 atom stereocenters. The van der Waals surface area contributed by atoms with Gasteiger partial charge < -0.3 is 10.2 Å². The number of hydrogen-bond acceptors (Lipinski definition) is 8. The molecule has 0 spiro atoms. The molecule has 0 aliphatic carbocycles. The maximum absolute atomic E-state index is 14.7. The molecule has 6 aromatic rings. The van der Waals surface area contributed by atoms with Gasteiger partial charge in [0.25, 0.3) is 0 Å². The summed E-state index contributed by atoms with van der Waals surface area (Å²) in [6.07, 6.45) is 7.41. The number of nitrogens with one attached hydrogen (secondary N) is 1.